The van der Waals surface area contributed by atoms with Crippen LogP contribution in [0.3, 0.4) is 0 Å². The topological polar surface area (TPSA) is 32.3 Å². The summed E-state index contributed by atoms with van der Waals surface area (Å²) < 4.78 is 13.0. The van der Waals surface area contributed by atoms with Crippen LogP contribution in [0.2, 0.25) is 0 Å². The van der Waals surface area contributed by atoms with Crippen LogP contribution in [-0.4, -0.2) is 42.4 Å². The van der Waals surface area contributed by atoms with E-state index < -0.39 is 0 Å². The van der Waals surface area contributed by atoms with Gasteiger partial charge in [-0.3, -0.25) is 0 Å². The van der Waals surface area contributed by atoms with E-state index in [2.05, 4.69) is 26.3 Å². The highest BCUT2D eigenvalue weighted by Crippen LogP contribution is 2.22. The highest BCUT2D eigenvalue weighted by molar-refractivity contribution is 7.98. The molecule has 0 spiro atoms. The van der Waals surface area contributed by atoms with E-state index in [0.29, 0.717) is 0 Å². The van der Waals surface area contributed by atoms with Gasteiger partial charge in [0.1, 0.15) is 11.6 Å². The van der Waals surface area contributed by atoms with E-state index in [1.165, 1.54) is 23.9 Å². The molecule has 23 heavy (non-hydrogen) atoms. The van der Waals surface area contributed by atoms with Gasteiger partial charge in [-0.1, -0.05) is 18.3 Å². The Morgan fingerprint density at radius 3 is 2.35 bits per heavy atom. The summed E-state index contributed by atoms with van der Waals surface area (Å²) in [6.07, 6.45) is 3.72. The van der Waals surface area contributed by atoms with Gasteiger partial charge in [0.2, 0.25) is 0 Å². The van der Waals surface area contributed by atoms with Crippen molar-refractivity contribution in [2.45, 2.75) is 5.16 Å². The minimum atomic E-state index is -0.199. The summed E-state index contributed by atoms with van der Waals surface area (Å²) in [4.78, 5) is 13.5. The van der Waals surface area contributed by atoms with Gasteiger partial charge < -0.3 is 9.80 Å². The minimum absolute atomic E-state index is 0.199. The van der Waals surface area contributed by atoms with Crippen LogP contribution in [0.4, 0.5) is 15.9 Å². The second kappa shape index (κ2) is 7.00. The van der Waals surface area contributed by atoms with Crippen LogP contribution in [-0.2, 0) is 0 Å². The van der Waals surface area contributed by atoms with E-state index in [9.17, 15) is 4.39 Å². The van der Waals surface area contributed by atoms with Gasteiger partial charge in [-0.05, 0) is 36.6 Å². The van der Waals surface area contributed by atoms with Crippen molar-refractivity contribution in [2.24, 2.45) is 0 Å². The predicted octanol–water partition coefficient (Wildman–Crippen LogP) is 3.31. The van der Waals surface area contributed by atoms with E-state index in [1.807, 2.05) is 24.5 Å². The highest BCUT2D eigenvalue weighted by atomic mass is 32.2. The van der Waals surface area contributed by atoms with Crippen molar-refractivity contribution >= 4 is 29.3 Å². The molecule has 3 rings (SSSR count). The summed E-state index contributed by atoms with van der Waals surface area (Å²) in [5, 5.41) is 0.762. The predicted molar refractivity (Wildman–Crippen MR) is 94.7 cm³/mol. The lowest BCUT2D eigenvalue weighted by Crippen LogP contribution is -2.46. The van der Waals surface area contributed by atoms with Crippen molar-refractivity contribution in [3.8, 4) is 0 Å². The summed E-state index contributed by atoms with van der Waals surface area (Å²) in [5.41, 5.74) is 1.91. The molecule has 0 unspecified atom stereocenters. The van der Waals surface area contributed by atoms with Gasteiger partial charge in [0.25, 0.3) is 0 Å². The molecule has 120 valence electrons. The van der Waals surface area contributed by atoms with Crippen molar-refractivity contribution in [2.75, 3.05) is 42.2 Å². The number of hydrogen-bond donors (Lipinski definition) is 0. The summed E-state index contributed by atoms with van der Waals surface area (Å²) >= 11 is 1.53. The third kappa shape index (κ3) is 3.64. The molecule has 0 amide bonds. The molecule has 1 aliphatic heterocycles. The Bertz CT molecular complexity index is 681. The summed E-state index contributed by atoms with van der Waals surface area (Å²) in [6.45, 7) is 7.31. The molecule has 6 heteroatoms. The lowest BCUT2D eigenvalue weighted by Gasteiger charge is -2.36. The number of anilines is 2. The Balaban J connectivity index is 1.71. The third-order valence-electron chi connectivity index (χ3n) is 3.90. The first-order valence-corrected chi connectivity index (χ1v) is 8.73. The van der Waals surface area contributed by atoms with Gasteiger partial charge >= 0.3 is 0 Å². The molecule has 1 aliphatic rings. The fraction of sp³-hybridized carbons (Fsp3) is 0.294. The molecule has 1 fully saturated rings. The number of rotatable bonds is 4. The van der Waals surface area contributed by atoms with Crippen molar-refractivity contribution in [3.05, 3.63) is 48.4 Å². The molecular weight excluding hydrogens is 311 g/mol. The van der Waals surface area contributed by atoms with Gasteiger partial charge in [0.05, 0.1) is 5.69 Å². The first-order valence-electron chi connectivity index (χ1n) is 7.50. The zero-order valence-corrected chi connectivity index (χ0v) is 13.9. The number of piperazine rings is 1. The molecule has 0 N–H and O–H groups in total. The Hall–Kier alpha value is -2.08. The van der Waals surface area contributed by atoms with Crippen LogP contribution in [0, 0.1) is 5.82 Å². The smallest absolute Gasteiger partial charge is 0.189 e. The quantitative estimate of drug-likeness (QED) is 0.634. The molecule has 0 aliphatic carbocycles. The second-order valence-corrected chi connectivity index (χ2v) is 6.07. The monoisotopic (exact) mass is 330 g/mol. The Labute approximate surface area is 140 Å². The molecule has 0 bridgehead atoms. The summed E-state index contributed by atoms with van der Waals surface area (Å²) in [7, 11) is 0. The van der Waals surface area contributed by atoms with Crippen LogP contribution in [0.5, 0.6) is 0 Å². The molecule has 2 aromatic rings. The first kappa shape index (κ1) is 15.8. The summed E-state index contributed by atoms with van der Waals surface area (Å²) in [6, 6.07) is 8.65. The number of benzene rings is 1. The van der Waals surface area contributed by atoms with E-state index in [1.54, 1.807) is 6.08 Å². The maximum absolute atomic E-state index is 13.0. The number of halogens is 1. The molecule has 2 heterocycles. The highest BCUT2D eigenvalue weighted by Gasteiger charge is 2.19. The van der Waals surface area contributed by atoms with Gasteiger partial charge in [-0.25, -0.2) is 14.4 Å². The van der Waals surface area contributed by atoms with Crippen LogP contribution in [0.15, 0.2) is 42.1 Å². The van der Waals surface area contributed by atoms with E-state index in [0.717, 1.165) is 48.5 Å². The van der Waals surface area contributed by atoms with Crippen molar-refractivity contribution in [1.29, 1.82) is 0 Å². The first-order chi connectivity index (χ1) is 11.2. The normalized spacial score (nSPS) is 14.9. The number of nitrogens with zero attached hydrogens (tertiary/aromatic N) is 4. The second-order valence-electron chi connectivity index (χ2n) is 5.29. The van der Waals surface area contributed by atoms with E-state index in [-0.39, 0.29) is 5.82 Å². The van der Waals surface area contributed by atoms with Crippen LogP contribution < -0.4 is 9.80 Å². The lowest BCUT2D eigenvalue weighted by molar-refractivity contribution is 0.623. The van der Waals surface area contributed by atoms with Crippen LogP contribution >= 0.6 is 11.8 Å². The van der Waals surface area contributed by atoms with Crippen molar-refractivity contribution in [1.82, 2.24) is 9.97 Å². The maximum atomic E-state index is 13.0. The molecule has 0 atom stereocenters. The maximum Gasteiger partial charge on any atom is 0.189 e. The fourth-order valence-corrected chi connectivity index (χ4v) is 3.02. The van der Waals surface area contributed by atoms with Crippen molar-refractivity contribution < 1.29 is 4.39 Å². The molecule has 1 saturated heterocycles. The van der Waals surface area contributed by atoms with Gasteiger partial charge in [-0.15, -0.1) is 0 Å². The standard InChI is InChI=1S/C17H19FN4S/c1-3-14-12-16(20-17(19-14)23-2)22-10-8-21(9-11-22)15-6-4-13(18)5-7-15/h3-7,12H,1,8-11H2,2H3. The zero-order chi connectivity index (χ0) is 16.2. The van der Waals surface area contributed by atoms with Crippen LogP contribution in [0.25, 0.3) is 6.08 Å². The molecule has 4 nitrogen and oxygen atoms in total. The number of hydrogen-bond acceptors (Lipinski definition) is 5. The lowest BCUT2D eigenvalue weighted by atomic mass is 10.2. The van der Waals surface area contributed by atoms with E-state index in [4.69, 9.17) is 0 Å². The third-order valence-corrected chi connectivity index (χ3v) is 4.45. The van der Waals surface area contributed by atoms with Crippen molar-refractivity contribution in [3.63, 3.8) is 0 Å². The van der Waals surface area contributed by atoms with Gasteiger partial charge in [-0.2, -0.15) is 0 Å². The van der Waals surface area contributed by atoms with Gasteiger partial charge in [0, 0.05) is 37.9 Å². The van der Waals surface area contributed by atoms with Gasteiger partial charge in [0.15, 0.2) is 5.16 Å². The van der Waals surface area contributed by atoms with E-state index >= 15 is 0 Å². The van der Waals surface area contributed by atoms with Crippen LogP contribution in [0.1, 0.15) is 5.69 Å². The molecular formula is C17H19FN4S. The summed E-state index contributed by atoms with van der Waals surface area (Å²) in [5.74, 6) is 0.743. The molecule has 0 saturated carbocycles. The Morgan fingerprint density at radius 2 is 1.74 bits per heavy atom. The Morgan fingerprint density at radius 1 is 1.09 bits per heavy atom. The molecule has 0 radical (unpaired) electrons. The number of thioether (sulfide) groups is 1. The zero-order valence-electron chi connectivity index (χ0n) is 13.1. The molecule has 1 aromatic carbocycles. The minimum Gasteiger partial charge on any atom is -0.368 e. The average molecular weight is 330 g/mol. The largest absolute Gasteiger partial charge is 0.368 e. The number of aromatic nitrogens is 2. The SMILES string of the molecule is C=Cc1cc(N2CCN(c3ccc(F)cc3)CC2)nc(SC)n1. The Kier molecular flexibility index (Phi) is 4.81. The average Bonchev–Trinajstić information content (AvgIpc) is 2.62. The fourth-order valence-electron chi connectivity index (χ4n) is 2.63. The molecule has 1 aromatic heterocycles.